The van der Waals surface area contributed by atoms with Gasteiger partial charge in [0.25, 0.3) is 0 Å². The number of ether oxygens (including phenoxy) is 2. The molecule has 0 radical (unpaired) electrons. The lowest BCUT2D eigenvalue weighted by atomic mass is 9.65. The van der Waals surface area contributed by atoms with Crippen molar-refractivity contribution in [3.63, 3.8) is 0 Å². The minimum atomic E-state index is -1.65. The maximum absolute atomic E-state index is 14.5. The normalized spacial score (nSPS) is 29.6. The summed E-state index contributed by atoms with van der Waals surface area (Å²) in [6.45, 7) is 0. The molecule has 8 heteroatoms. The first kappa shape index (κ1) is 25.2. The standard InChI is InChI=1S/C31H29NO7/c1-38-28(36)30-14-18-8-6-7-9-19(18)15-31(27(30)35,29(37)39-2)17-21-13-24-23(12-20(21)16-30)25(33)32(26(24)34)22-10-4-3-5-11-22/h3-11,23-24H,12-17H2,1-2H3/t23-,24+,30-,31+. The highest BCUT2D eigenvalue weighted by Gasteiger charge is 2.64. The Kier molecular flexibility index (Phi) is 5.82. The summed E-state index contributed by atoms with van der Waals surface area (Å²) in [5, 5.41) is 0. The second-order valence-electron chi connectivity index (χ2n) is 11.1. The van der Waals surface area contributed by atoms with E-state index in [4.69, 9.17) is 9.47 Å². The fourth-order valence-corrected chi connectivity index (χ4v) is 7.34. The summed E-state index contributed by atoms with van der Waals surface area (Å²) in [7, 11) is 2.49. The van der Waals surface area contributed by atoms with Crippen LogP contribution in [0.15, 0.2) is 65.7 Å². The summed E-state index contributed by atoms with van der Waals surface area (Å²) in [5.41, 5.74) is 0.416. The van der Waals surface area contributed by atoms with Gasteiger partial charge in [-0.3, -0.25) is 28.9 Å². The Morgan fingerprint density at radius 2 is 1.13 bits per heavy atom. The van der Waals surface area contributed by atoms with E-state index in [-0.39, 0.29) is 50.3 Å². The Hall–Kier alpha value is -4.07. The number of hydrogen-bond donors (Lipinski definition) is 0. The van der Waals surface area contributed by atoms with Gasteiger partial charge in [-0.15, -0.1) is 0 Å². The van der Waals surface area contributed by atoms with Gasteiger partial charge in [0.1, 0.15) is 10.8 Å². The highest BCUT2D eigenvalue weighted by molar-refractivity contribution is 6.22. The van der Waals surface area contributed by atoms with Gasteiger partial charge in [-0.25, -0.2) is 0 Å². The molecule has 0 N–H and O–H groups in total. The number of benzene rings is 2. The van der Waals surface area contributed by atoms with E-state index in [1.54, 1.807) is 24.3 Å². The van der Waals surface area contributed by atoms with Gasteiger partial charge < -0.3 is 9.47 Å². The number of carbonyl (C=O) groups is 5. The average Bonchev–Trinajstić information content (AvgIpc) is 3.07. The molecule has 1 saturated heterocycles. The quantitative estimate of drug-likeness (QED) is 0.261. The predicted molar refractivity (Wildman–Crippen MR) is 139 cm³/mol. The number of fused-ring (bicyclic) bond motifs is 4. The van der Waals surface area contributed by atoms with Crippen LogP contribution in [0.25, 0.3) is 0 Å². The van der Waals surface area contributed by atoms with Gasteiger partial charge >= 0.3 is 11.9 Å². The van der Waals surface area contributed by atoms with E-state index >= 15 is 0 Å². The van der Waals surface area contributed by atoms with Crippen LogP contribution in [0.1, 0.15) is 36.8 Å². The van der Waals surface area contributed by atoms with Crippen molar-refractivity contribution in [3.8, 4) is 0 Å². The summed E-state index contributed by atoms with van der Waals surface area (Å²) in [6, 6.07) is 16.3. The van der Waals surface area contributed by atoms with Crippen LogP contribution >= 0.6 is 0 Å². The SMILES string of the molecule is COC(=O)[C@]12CC3=C(C[C@H]4C(=O)N(c5ccccc5)C(=O)[C@H]4C3)C[C@](C(=O)OC)(Cc3ccccc3C1)C2=O. The molecule has 1 fully saturated rings. The van der Waals surface area contributed by atoms with E-state index in [1.807, 2.05) is 30.3 Å². The van der Waals surface area contributed by atoms with Gasteiger partial charge in [-0.05, 0) is 61.8 Å². The second kappa shape index (κ2) is 9.00. The van der Waals surface area contributed by atoms with Crippen LogP contribution in [0.3, 0.4) is 0 Å². The maximum Gasteiger partial charge on any atom is 0.320 e. The van der Waals surface area contributed by atoms with Crippen molar-refractivity contribution in [1.82, 2.24) is 0 Å². The number of carbonyl (C=O) groups excluding carboxylic acids is 5. The number of allylic oxidation sites excluding steroid dienone is 2. The molecule has 0 saturated carbocycles. The van der Waals surface area contributed by atoms with E-state index in [2.05, 4.69) is 0 Å². The Balaban J connectivity index is 1.49. The molecule has 3 aliphatic carbocycles. The topological polar surface area (TPSA) is 107 Å². The molecule has 2 aromatic carbocycles. The van der Waals surface area contributed by atoms with E-state index < -0.39 is 40.4 Å². The minimum absolute atomic E-state index is 0.0386. The van der Waals surface area contributed by atoms with Crippen LogP contribution in [-0.2, 0) is 46.3 Å². The fourth-order valence-electron chi connectivity index (χ4n) is 7.34. The summed E-state index contributed by atoms with van der Waals surface area (Å²) in [4.78, 5) is 70.1. The smallest absolute Gasteiger partial charge is 0.320 e. The number of para-hydroxylation sites is 1. The van der Waals surface area contributed by atoms with Gasteiger partial charge in [0.05, 0.1) is 31.7 Å². The third-order valence-electron chi connectivity index (χ3n) is 9.16. The summed E-state index contributed by atoms with van der Waals surface area (Å²) in [5.74, 6) is -3.66. The van der Waals surface area contributed by atoms with Crippen molar-refractivity contribution < 1.29 is 33.4 Å². The maximum atomic E-state index is 14.5. The van der Waals surface area contributed by atoms with E-state index in [0.29, 0.717) is 5.69 Å². The molecule has 4 aliphatic rings. The van der Waals surface area contributed by atoms with Crippen molar-refractivity contribution >= 4 is 35.2 Å². The van der Waals surface area contributed by atoms with E-state index in [1.165, 1.54) is 19.1 Å². The van der Waals surface area contributed by atoms with Crippen LogP contribution < -0.4 is 4.90 Å². The molecule has 0 spiro atoms. The van der Waals surface area contributed by atoms with Gasteiger partial charge in [0, 0.05) is 0 Å². The molecular formula is C31H29NO7. The minimum Gasteiger partial charge on any atom is -0.468 e. The third kappa shape index (κ3) is 3.53. The first-order valence-corrected chi connectivity index (χ1v) is 13.2. The van der Waals surface area contributed by atoms with Gasteiger partial charge in [-0.2, -0.15) is 0 Å². The molecule has 2 bridgehead atoms. The lowest BCUT2D eigenvalue weighted by Crippen LogP contribution is -2.52. The number of esters is 2. The lowest BCUT2D eigenvalue weighted by molar-refractivity contribution is -0.168. The second-order valence-corrected chi connectivity index (χ2v) is 11.1. The number of rotatable bonds is 3. The molecule has 39 heavy (non-hydrogen) atoms. The van der Waals surface area contributed by atoms with Crippen molar-refractivity contribution in [1.29, 1.82) is 0 Å². The van der Waals surface area contributed by atoms with Crippen LogP contribution in [-0.4, -0.2) is 43.8 Å². The average molecular weight is 528 g/mol. The van der Waals surface area contributed by atoms with Crippen molar-refractivity contribution in [3.05, 3.63) is 76.9 Å². The zero-order valence-corrected chi connectivity index (χ0v) is 21.9. The van der Waals surface area contributed by atoms with E-state index in [0.717, 1.165) is 22.3 Å². The molecule has 2 amide bonds. The molecule has 8 nitrogen and oxygen atoms in total. The van der Waals surface area contributed by atoms with Gasteiger partial charge in [-0.1, -0.05) is 53.6 Å². The first-order chi connectivity index (χ1) is 18.8. The number of imide groups is 1. The Bertz CT molecular complexity index is 1370. The summed E-state index contributed by atoms with van der Waals surface area (Å²) < 4.78 is 10.5. The number of ketones is 1. The first-order valence-electron chi connectivity index (χ1n) is 13.2. The summed E-state index contributed by atoms with van der Waals surface area (Å²) in [6.07, 6.45) is 0.744. The fraction of sp³-hybridized carbons (Fsp3) is 0.387. The van der Waals surface area contributed by atoms with Crippen LogP contribution in [0.4, 0.5) is 5.69 Å². The number of hydrogen-bond acceptors (Lipinski definition) is 7. The third-order valence-corrected chi connectivity index (χ3v) is 9.16. The predicted octanol–water partition coefficient (Wildman–Crippen LogP) is 3.36. The van der Waals surface area contributed by atoms with Crippen LogP contribution in [0, 0.1) is 22.7 Å². The van der Waals surface area contributed by atoms with Crippen molar-refractivity contribution in [2.45, 2.75) is 38.5 Å². The van der Waals surface area contributed by atoms with Gasteiger partial charge in [0.2, 0.25) is 11.8 Å². The lowest BCUT2D eigenvalue weighted by Gasteiger charge is -2.34. The Morgan fingerprint density at radius 3 is 1.56 bits per heavy atom. The molecule has 6 rings (SSSR count). The summed E-state index contributed by atoms with van der Waals surface area (Å²) >= 11 is 0. The molecular weight excluding hydrogens is 498 g/mol. The van der Waals surface area contributed by atoms with Crippen LogP contribution in [0.2, 0.25) is 0 Å². The molecule has 4 atom stereocenters. The monoisotopic (exact) mass is 527 g/mol. The Labute approximate surface area is 226 Å². The number of Topliss-reactive ketones (excluding diaryl/α,β-unsaturated/α-hetero) is 1. The molecule has 200 valence electrons. The molecule has 0 aromatic heterocycles. The highest BCUT2D eigenvalue weighted by Crippen LogP contribution is 2.56. The molecule has 1 heterocycles. The van der Waals surface area contributed by atoms with E-state index in [9.17, 15) is 24.0 Å². The molecule has 0 unspecified atom stereocenters. The molecule has 1 aliphatic heterocycles. The number of anilines is 1. The number of nitrogens with zero attached hydrogens (tertiary/aromatic N) is 1. The number of methoxy groups -OCH3 is 2. The zero-order valence-electron chi connectivity index (χ0n) is 21.9. The van der Waals surface area contributed by atoms with Crippen molar-refractivity contribution in [2.24, 2.45) is 22.7 Å². The molecule has 2 aromatic rings. The largest absolute Gasteiger partial charge is 0.468 e. The van der Waals surface area contributed by atoms with Crippen molar-refractivity contribution in [2.75, 3.05) is 19.1 Å². The highest BCUT2D eigenvalue weighted by atomic mass is 16.5. The Morgan fingerprint density at radius 1 is 0.692 bits per heavy atom. The van der Waals surface area contributed by atoms with Gasteiger partial charge in [0.15, 0.2) is 5.78 Å². The van der Waals surface area contributed by atoms with Crippen LogP contribution in [0.5, 0.6) is 0 Å². The number of amides is 2. The zero-order chi connectivity index (χ0) is 27.5.